The van der Waals surface area contributed by atoms with Gasteiger partial charge in [0.1, 0.15) is 11.5 Å². The standard InChI is InChI=1S/C44H27N3O/c1-3-14-28(15-4-1)41-45-42(29-16-5-2-6-17-29)47-43(46-41)32-20-13-19-31-30(32)26-27-37-40(31)33-18-7-8-21-34(33)44(37)35-22-9-11-24-38(35)48-39-25-12-10-23-36(39)44/h1-27H. The molecular formula is C44H27N3O. The van der Waals surface area contributed by atoms with Crippen molar-refractivity contribution >= 4 is 10.8 Å². The van der Waals surface area contributed by atoms with E-state index in [1.165, 1.54) is 27.6 Å². The molecule has 0 radical (unpaired) electrons. The van der Waals surface area contributed by atoms with E-state index in [9.17, 15) is 0 Å². The van der Waals surface area contributed by atoms with Gasteiger partial charge < -0.3 is 4.74 Å². The lowest BCUT2D eigenvalue weighted by Crippen LogP contribution is -2.32. The number of hydrogen-bond acceptors (Lipinski definition) is 4. The number of hydrogen-bond donors (Lipinski definition) is 0. The Kier molecular flexibility index (Phi) is 5.75. The molecule has 0 bridgehead atoms. The van der Waals surface area contributed by atoms with E-state index in [1.54, 1.807) is 0 Å². The fourth-order valence-corrected chi connectivity index (χ4v) is 7.83. The van der Waals surface area contributed by atoms with Crippen LogP contribution in [0, 0.1) is 0 Å². The molecule has 0 unspecified atom stereocenters. The third-order valence-electron chi connectivity index (χ3n) is 9.81. The number of ether oxygens (including phenoxy) is 1. The van der Waals surface area contributed by atoms with Gasteiger partial charge in [-0.15, -0.1) is 0 Å². The average Bonchev–Trinajstić information content (AvgIpc) is 3.46. The number of fused-ring (bicyclic) bond motifs is 11. The first-order valence-electron chi connectivity index (χ1n) is 16.2. The minimum Gasteiger partial charge on any atom is -0.457 e. The molecule has 2 heterocycles. The Labute approximate surface area is 278 Å². The van der Waals surface area contributed by atoms with E-state index in [0.717, 1.165) is 44.7 Å². The van der Waals surface area contributed by atoms with Gasteiger partial charge >= 0.3 is 0 Å². The van der Waals surface area contributed by atoms with Gasteiger partial charge in [0.15, 0.2) is 17.5 Å². The lowest BCUT2D eigenvalue weighted by Gasteiger charge is -2.39. The predicted octanol–water partition coefficient (Wildman–Crippen LogP) is 10.5. The average molecular weight is 614 g/mol. The topological polar surface area (TPSA) is 47.9 Å². The van der Waals surface area contributed by atoms with Gasteiger partial charge in [0.2, 0.25) is 0 Å². The number of nitrogens with zero attached hydrogens (tertiary/aromatic N) is 3. The predicted molar refractivity (Wildman–Crippen MR) is 191 cm³/mol. The number of benzene rings is 7. The van der Waals surface area contributed by atoms with E-state index in [1.807, 2.05) is 60.7 Å². The lowest BCUT2D eigenvalue weighted by atomic mass is 9.66. The highest BCUT2D eigenvalue weighted by Gasteiger charge is 2.51. The zero-order chi connectivity index (χ0) is 31.7. The van der Waals surface area contributed by atoms with Gasteiger partial charge in [-0.05, 0) is 45.2 Å². The van der Waals surface area contributed by atoms with Crippen molar-refractivity contribution in [2.45, 2.75) is 5.41 Å². The number of aromatic nitrogens is 3. The first-order valence-corrected chi connectivity index (χ1v) is 16.2. The van der Waals surface area contributed by atoms with Crippen molar-refractivity contribution in [3.05, 3.63) is 186 Å². The van der Waals surface area contributed by atoms with Crippen LogP contribution in [0.1, 0.15) is 22.3 Å². The zero-order valence-electron chi connectivity index (χ0n) is 25.8. The summed E-state index contributed by atoms with van der Waals surface area (Å²) in [7, 11) is 0. The summed E-state index contributed by atoms with van der Waals surface area (Å²) >= 11 is 0. The van der Waals surface area contributed by atoms with E-state index in [2.05, 4.69) is 103 Å². The Bertz CT molecular complexity index is 2440. The molecule has 0 fully saturated rings. The van der Waals surface area contributed by atoms with Crippen molar-refractivity contribution < 1.29 is 4.74 Å². The molecular weight excluding hydrogens is 587 g/mol. The minimum absolute atomic E-state index is 0.518. The van der Waals surface area contributed by atoms with E-state index in [-0.39, 0.29) is 0 Å². The minimum atomic E-state index is -0.518. The summed E-state index contributed by atoms with van der Waals surface area (Å²) in [5.74, 6) is 3.73. The molecule has 0 saturated heterocycles. The molecule has 8 aromatic rings. The molecule has 4 heteroatoms. The summed E-state index contributed by atoms with van der Waals surface area (Å²) in [6.07, 6.45) is 0. The van der Waals surface area contributed by atoms with Crippen LogP contribution in [-0.2, 0) is 5.41 Å². The van der Waals surface area contributed by atoms with E-state index < -0.39 is 5.41 Å². The molecule has 0 atom stereocenters. The van der Waals surface area contributed by atoms with Gasteiger partial charge in [-0.2, -0.15) is 0 Å². The van der Waals surface area contributed by atoms with Crippen molar-refractivity contribution in [3.63, 3.8) is 0 Å². The van der Waals surface area contributed by atoms with Crippen molar-refractivity contribution in [2.75, 3.05) is 0 Å². The molecule has 1 aliphatic carbocycles. The maximum atomic E-state index is 6.53. The summed E-state index contributed by atoms with van der Waals surface area (Å²) < 4.78 is 6.53. The fraction of sp³-hybridized carbons (Fsp3) is 0.0227. The highest BCUT2D eigenvalue weighted by atomic mass is 16.5. The molecule has 7 aromatic carbocycles. The third kappa shape index (κ3) is 3.74. The summed E-state index contributed by atoms with van der Waals surface area (Å²) in [5, 5.41) is 2.26. The molecule has 0 saturated carbocycles. The Hall–Kier alpha value is -6.39. The van der Waals surface area contributed by atoms with Gasteiger partial charge in [-0.25, -0.2) is 15.0 Å². The van der Waals surface area contributed by atoms with Crippen LogP contribution in [0.15, 0.2) is 164 Å². The van der Waals surface area contributed by atoms with Gasteiger partial charge in [0, 0.05) is 27.8 Å². The maximum absolute atomic E-state index is 6.53. The van der Waals surface area contributed by atoms with E-state index in [0.29, 0.717) is 17.5 Å². The highest BCUT2D eigenvalue weighted by Crippen LogP contribution is 2.63. The first-order chi connectivity index (χ1) is 23.8. The lowest BCUT2D eigenvalue weighted by molar-refractivity contribution is 0.436. The normalized spacial score (nSPS) is 13.3. The van der Waals surface area contributed by atoms with Gasteiger partial charge in [0.05, 0.1) is 5.41 Å². The highest BCUT2D eigenvalue weighted by molar-refractivity contribution is 6.08. The second kappa shape index (κ2) is 10.3. The second-order valence-corrected chi connectivity index (χ2v) is 12.3. The van der Waals surface area contributed by atoms with Crippen molar-refractivity contribution in [3.8, 4) is 56.8 Å². The summed E-state index contributed by atoms with van der Waals surface area (Å²) in [4.78, 5) is 15.1. The van der Waals surface area contributed by atoms with Crippen LogP contribution in [-0.4, -0.2) is 15.0 Å². The SMILES string of the molecule is c1ccc(-c2nc(-c3ccccc3)nc(-c3cccc4c5c(ccc34)C3(c4ccccc4Oc4ccccc43)c3ccccc3-5)n2)cc1. The Morgan fingerprint density at radius 1 is 0.354 bits per heavy atom. The summed E-state index contributed by atoms with van der Waals surface area (Å²) in [6.45, 7) is 0. The van der Waals surface area contributed by atoms with Crippen LogP contribution in [0.2, 0.25) is 0 Å². The first kappa shape index (κ1) is 26.8. The van der Waals surface area contributed by atoms with Crippen LogP contribution < -0.4 is 4.74 Å². The van der Waals surface area contributed by atoms with Crippen LogP contribution >= 0.6 is 0 Å². The monoisotopic (exact) mass is 613 g/mol. The van der Waals surface area contributed by atoms with E-state index in [4.69, 9.17) is 19.7 Å². The molecule has 2 aliphatic rings. The number of para-hydroxylation sites is 2. The molecule has 1 spiro atoms. The van der Waals surface area contributed by atoms with Crippen LogP contribution in [0.4, 0.5) is 0 Å². The molecule has 1 aromatic heterocycles. The molecule has 224 valence electrons. The second-order valence-electron chi connectivity index (χ2n) is 12.3. The molecule has 1 aliphatic heterocycles. The Balaban J connectivity index is 1.27. The maximum Gasteiger partial charge on any atom is 0.164 e. The van der Waals surface area contributed by atoms with Gasteiger partial charge in [-0.1, -0.05) is 152 Å². The van der Waals surface area contributed by atoms with Crippen LogP contribution in [0.25, 0.3) is 56.1 Å². The van der Waals surface area contributed by atoms with Gasteiger partial charge in [0.25, 0.3) is 0 Å². The van der Waals surface area contributed by atoms with Crippen LogP contribution in [0.5, 0.6) is 11.5 Å². The van der Waals surface area contributed by atoms with Crippen molar-refractivity contribution in [1.29, 1.82) is 0 Å². The van der Waals surface area contributed by atoms with Gasteiger partial charge in [-0.3, -0.25) is 0 Å². The fourth-order valence-electron chi connectivity index (χ4n) is 7.83. The molecule has 4 nitrogen and oxygen atoms in total. The molecule has 48 heavy (non-hydrogen) atoms. The summed E-state index contributed by atoms with van der Waals surface area (Å²) in [6, 6.07) is 57.1. The zero-order valence-corrected chi connectivity index (χ0v) is 25.8. The summed E-state index contributed by atoms with van der Waals surface area (Å²) in [5.41, 5.74) is 9.64. The molecule has 0 N–H and O–H groups in total. The smallest absolute Gasteiger partial charge is 0.164 e. The Morgan fingerprint density at radius 3 is 1.52 bits per heavy atom. The van der Waals surface area contributed by atoms with Crippen LogP contribution in [0.3, 0.4) is 0 Å². The molecule has 0 amide bonds. The molecule has 10 rings (SSSR count). The Morgan fingerprint density at radius 2 is 0.875 bits per heavy atom. The van der Waals surface area contributed by atoms with E-state index >= 15 is 0 Å². The third-order valence-corrected chi connectivity index (χ3v) is 9.81. The van der Waals surface area contributed by atoms with Crippen molar-refractivity contribution in [1.82, 2.24) is 15.0 Å². The quantitative estimate of drug-likeness (QED) is 0.199. The van der Waals surface area contributed by atoms with Crippen molar-refractivity contribution in [2.24, 2.45) is 0 Å². The largest absolute Gasteiger partial charge is 0.457 e. The number of rotatable bonds is 3.